The van der Waals surface area contributed by atoms with Crippen molar-refractivity contribution in [3.8, 4) is 0 Å². The second kappa shape index (κ2) is 13.2. The van der Waals surface area contributed by atoms with E-state index < -0.39 is 7.47 Å². The summed E-state index contributed by atoms with van der Waals surface area (Å²) in [5.41, 5.74) is 0. The van der Waals surface area contributed by atoms with Gasteiger partial charge in [0.25, 0.3) is 7.47 Å². The van der Waals surface area contributed by atoms with Crippen LogP contribution in [0.3, 0.4) is 0 Å². The summed E-state index contributed by atoms with van der Waals surface area (Å²) < 4.78 is 15.2. The molecule has 2 radical (unpaired) electrons. The van der Waals surface area contributed by atoms with E-state index in [1.54, 1.807) is 0 Å². The van der Waals surface area contributed by atoms with Gasteiger partial charge in [-0.15, -0.1) is 0 Å². The molecule has 3 nitrogen and oxygen atoms in total. The van der Waals surface area contributed by atoms with Crippen molar-refractivity contribution < 1.29 is 14.0 Å². The third kappa shape index (κ3) is 18.2. The molecule has 0 aromatic rings. The molecule has 112 valence electrons. The average molecular weight is 288 g/mol. The Labute approximate surface area is 120 Å². The lowest BCUT2D eigenvalue weighted by Crippen LogP contribution is -1.92. The molecule has 0 heterocycles. The molecule has 0 fully saturated rings. The highest BCUT2D eigenvalue weighted by molar-refractivity contribution is 7.78. The van der Waals surface area contributed by atoms with Crippen LogP contribution in [0.5, 0.6) is 0 Å². The predicted octanol–water partition coefficient (Wildman–Crippen LogP) is 4.97. The Morgan fingerprint density at radius 3 is 1.58 bits per heavy atom. The largest absolute Gasteiger partial charge is 0.333 e. The molecule has 0 bridgehead atoms. The summed E-state index contributed by atoms with van der Waals surface area (Å²) in [5, 5.41) is 0. The molecule has 0 saturated heterocycles. The van der Waals surface area contributed by atoms with Crippen LogP contribution in [-0.2, 0) is 9.09 Å². The highest BCUT2D eigenvalue weighted by Gasteiger charge is 2.07. The van der Waals surface area contributed by atoms with Crippen LogP contribution in [0, 0.1) is 0 Å². The maximum Gasteiger partial charge on any atom is 0.261 e. The molecule has 19 heavy (non-hydrogen) atoms. The molecular weight excluding hydrogens is 258 g/mol. The second-order valence-electron chi connectivity index (χ2n) is 5.29. The minimum absolute atomic E-state index is 0.293. The summed E-state index contributed by atoms with van der Waals surface area (Å²) in [4.78, 5) is 8.71. The van der Waals surface area contributed by atoms with E-state index in [0.717, 1.165) is 12.8 Å². The van der Waals surface area contributed by atoms with E-state index in [4.69, 9.17) is 12.5 Å². The van der Waals surface area contributed by atoms with Crippen LogP contribution in [0.15, 0.2) is 0 Å². The SMILES string of the molecule is [B]P(=O)(O)OCCCCCCCCCCCCCC. The van der Waals surface area contributed by atoms with Gasteiger partial charge in [0.05, 0.1) is 6.61 Å². The Hall–Kier alpha value is 0.215. The van der Waals surface area contributed by atoms with E-state index in [1.807, 2.05) is 0 Å². The highest BCUT2D eigenvalue weighted by atomic mass is 31.2. The fourth-order valence-electron chi connectivity index (χ4n) is 2.14. The van der Waals surface area contributed by atoms with E-state index in [9.17, 15) is 4.57 Å². The van der Waals surface area contributed by atoms with Gasteiger partial charge in [-0.1, -0.05) is 77.6 Å². The van der Waals surface area contributed by atoms with Crippen molar-refractivity contribution in [2.75, 3.05) is 6.61 Å². The van der Waals surface area contributed by atoms with Crippen molar-refractivity contribution in [1.29, 1.82) is 0 Å². The first-order chi connectivity index (χ1) is 9.06. The molecule has 5 heteroatoms. The highest BCUT2D eigenvalue weighted by Crippen LogP contribution is 2.35. The van der Waals surface area contributed by atoms with E-state index in [-0.39, 0.29) is 0 Å². The minimum Gasteiger partial charge on any atom is -0.333 e. The van der Waals surface area contributed by atoms with Gasteiger partial charge in [0.2, 0.25) is 7.57 Å². The molecule has 0 aromatic carbocycles. The molecule has 0 aliphatic heterocycles. The lowest BCUT2D eigenvalue weighted by atomic mass is 10.1. The molecule has 1 unspecified atom stereocenters. The van der Waals surface area contributed by atoms with Gasteiger partial charge in [-0.25, -0.2) is 0 Å². The van der Waals surface area contributed by atoms with Crippen molar-refractivity contribution in [3.05, 3.63) is 0 Å². The predicted molar refractivity (Wildman–Crippen MR) is 82.6 cm³/mol. The van der Waals surface area contributed by atoms with Gasteiger partial charge in [-0.3, -0.25) is 4.57 Å². The van der Waals surface area contributed by atoms with Crippen molar-refractivity contribution >= 4 is 15.0 Å². The van der Waals surface area contributed by atoms with Crippen molar-refractivity contribution in [2.45, 2.75) is 84.0 Å². The summed E-state index contributed by atoms with van der Waals surface area (Å²) in [6, 6.07) is 0. The third-order valence-electron chi connectivity index (χ3n) is 3.27. The van der Waals surface area contributed by atoms with Gasteiger partial charge in [0.1, 0.15) is 0 Å². The summed E-state index contributed by atoms with van der Waals surface area (Å²) >= 11 is 0. The molecular formula is C14H30BO3P. The Bertz CT molecular complexity index is 231. The Morgan fingerprint density at radius 1 is 0.842 bits per heavy atom. The third-order valence-corrected chi connectivity index (χ3v) is 3.83. The maximum absolute atomic E-state index is 10.6. The lowest BCUT2D eigenvalue weighted by molar-refractivity contribution is 0.266. The molecule has 0 aromatic heterocycles. The zero-order chi connectivity index (χ0) is 14.4. The van der Waals surface area contributed by atoms with Gasteiger partial charge in [-0.05, 0) is 6.42 Å². The summed E-state index contributed by atoms with van der Waals surface area (Å²) in [6.07, 6.45) is 15.2. The van der Waals surface area contributed by atoms with Gasteiger partial charge in [-0.2, -0.15) is 0 Å². The Kier molecular flexibility index (Phi) is 13.4. The van der Waals surface area contributed by atoms with Crippen molar-refractivity contribution in [1.82, 2.24) is 0 Å². The average Bonchev–Trinajstić information content (AvgIpc) is 2.34. The Morgan fingerprint density at radius 2 is 1.21 bits per heavy atom. The number of rotatable bonds is 14. The number of unbranched alkanes of at least 4 members (excludes halogenated alkanes) is 11. The summed E-state index contributed by atoms with van der Waals surface area (Å²) in [6.45, 7) is 2.54. The molecule has 0 aliphatic rings. The first-order valence-electron chi connectivity index (χ1n) is 7.82. The van der Waals surface area contributed by atoms with E-state index >= 15 is 0 Å². The molecule has 0 spiro atoms. The standard InChI is InChI=1S/C14H30BO3P/c1-2-3-4-5-6-7-8-9-10-11-12-13-14-18-19(15,16)17/h2-14H2,1H3,(H,16,17). The van der Waals surface area contributed by atoms with E-state index in [2.05, 4.69) is 11.4 Å². The van der Waals surface area contributed by atoms with Crippen molar-refractivity contribution in [3.63, 3.8) is 0 Å². The Balaban J connectivity index is 3.01. The van der Waals surface area contributed by atoms with Gasteiger partial charge < -0.3 is 9.42 Å². The normalized spacial score (nSPS) is 14.4. The zero-order valence-electron chi connectivity index (χ0n) is 12.5. The van der Waals surface area contributed by atoms with Crippen LogP contribution in [0.2, 0.25) is 0 Å². The van der Waals surface area contributed by atoms with Crippen LogP contribution >= 0.6 is 7.47 Å². The van der Waals surface area contributed by atoms with E-state index in [0.29, 0.717) is 6.61 Å². The monoisotopic (exact) mass is 288 g/mol. The smallest absolute Gasteiger partial charge is 0.261 e. The molecule has 1 N–H and O–H groups in total. The number of hydrogen-bond donors (Lipinski definition) is 1. The zero-order valence-corrected chi connectivity index (χ0v) is 13.4. The van der Waals surface area contributed by atoms with Gasteiger partial charge >= 0.3 is 0 Å². The summed E-state index contributed by atoms with van der Waals surface area (Å²) in [7, 11) is 1.12. The molecule has 0 rings (SSSR count). The van der Waals surface area contributed by atoms with Gasteiger partial charge in [0.15, 0.2) is 0 Å². The van der Waals surface area contributed by atoms with Crippen LogP contribution < -0.4 is 0 Å². The van der Waals surface area contributed by atoms with E-state index in [1.165, 1.54) is 64.2 Å². The second-order valence-corrected chi connectivity index (χ2v) is 6.67. The van der Waals surface area contributed by atoms with Crippen LogP contribution in [0.4, 0.5) is 0 Å². The van der Waals surface area contributed by atoms with Crippen LogP contribution in [-0.4, -0.2) is 19.1 Å². The topological polar surface area (TPSA) is 46.5 Å². The molecule has 0 aliphatic carbocycles. The first-order valence-corrected chi connectivity index (χ1v) is 9.47. The molecule has 0 saturated carbocycles. The fourth-order valence-corrected chi connectivity index (χ4v) is 2.53. The van der Waals surface area contributed by atoms with Crippen LogP contribution in [0.25, 0.3) is 0 Å². The molecule has 1 atom stereocenters. The minimum atomic E-state index is -3.75. The van der Waals surface area contributed by atoms with Gasteiger partial charge in [0, 0.05) is 0 Å². The quantitative estimate of drug-likeness (QED) is 0.279. The maximum atomic E-state index is 10.6. The lowest BCUT2D eigenvalue weighted by Gasteiger charge is -2.07. The fraction of sp³-hybridized carbons (Fsp3) is 1.00. The van der Waals surface area contributed by atoms with Crippen molar-refractivity contribution in [2.24, 2.45) is 0 Å². The summed E-state index contributed by atoms with van der Waals surface area (Å²) in [5.74, 6) is 0. The number of hydrogen-bond acceptors (Lipinski definition) is 2. The first kappa shape index (κ1) is 19.2. The van der Waals surface area contributed by atoms with Crippen LogP contribution in [0.1, 0.15) is 84.0 Å². The molecule has 0 amide bonds.